The van der Waals surface area contributed by atoms with E-state index in [9.17, 15) is 4.79 Å². The van der Waals surface area contributed by atoms with Gasteiger partial charge in [-0.05, 0) is 49.5 Å². The minimum absolute atomic E-state index is 0.0925. The summed E-state index contributed by atoms with van der Waals surface area (Å²) in [7, 11) is 0. The van der Waals surface area contributed by atoms with Crippen molar-refractivity contribution in [2.45, 2.75) is 38.1 Å². The van der Waals surface area contributed by atoms with Crippen LogP contribution in [0.2, 0.25) is 5.02 Å². The number of benzene rings is 2. The molecule has 1 N–H and O–H groups in total. The predicted molar refractivity (Wildman–Crippen MR) is 107 cm³/mol. The average molecular weight is 371 g/mol. The number of nitrogens with zero attached hydrogens (tertiary/aromatic N) is 1. The van der Waals surface area contributed by atoms with Crippen molar-refractivity contribution in [3.63, 3.8) is 0 Å². The maximum atomic E-state index is 12.8. The third-order valence-electron chi connectivity index (χ3n) is 5.24. The fraction of sp³-hybridized carbons (Fsp3) is 0.409. The minimum atomic E-state index is -0.110. The van der Waals surface area contributed by atoms with Crippen LogP contribution in [-0.2, 0) is 4.79 Å². The van der Waals surface area contributed by atoms with Crippen LogP contribution in [0.3, 0.4) is 0 Å². The normalized spacial score (nSPS) is 17.0. The number of nitrogens with one attached hydrogen (secondary N) is 1. The molecule has 3 nitrogen and oxygen atoms in total. The fourth-order valence-corrected chi connectivity index (χ4v) is 4.07. The Morgan fingerprint density at radius 1 is 1.08 bits per heavy atom. The molecule has 2 aromatic rings. The van der Waals surface area contributed by atoms with Gasteiger partial charge in [0.15, 0.2) is 0 Å². The highest BCUT2D eigenvalue weighted by Crippen LogP contribution is 2.30. The van der Waals surface area contributed by atoms with Gasteiger partial charge in [-0.2, -0.15) is 0 Å². The van der Waals surface area contributed by atoms with Gasteiger partial charge in [0.1, 0.15) is 0 Å². The summed E-state index contributed by atoms with van der Waals surface area (Å²) in [6, 6.07) is 18.1. The third-order valence-corrected chi connectivity index (χ3v) is 5.59. The largest absolute Gasteiger partial charge is 0.354 e. The molecule has 1 aliphatic rings. The molecule has 1 fully saturated rings. The van der Waals surface area contributed by atoms with Gasteiger partial charge in [0, 0.05) is 11.6 Å². The van der Waals surface area contributed by atoms with Gasteiger partial charge in [0.25, 0.3) is 0 Å². The van der Waals surface area contributed by atoms with Crippen molar-refractivity contribution in [2.75, 3.05) is 19.6 Å². The number of rotatable bonds is 7. The second-order valence-corrected chi connectivity index (χ2v) is 7.30. The van der Waals surface area contributed by atoms with Crippen molar-refractivity contribution in [1.82, 2.24) is 10.2 Å². The summed E-state index contributed by atoms with van der Waals surface area (Å²) < 4.78 is 0. The molecule has 2 atom stereocenters. The summed E-state index contributed by atoms with van der Waals surface area (Å²) in [6.07, 6.45) is 3.20. The molecule has 2 unspecified atom stereocenters. The summed E-state index contributed by atoms with van der Waals surface area (Å²) in [6.45, 7) is 4.76. The Hall–Kier alpha value is -1.84. The van der Waals surface area contributed by atoms with Crippen molar-refractivity contribution in [1.29, 1.82) is 0 Å². The zero-order chi connectivity index (χ0) is 18.4. The topological polar surface area (TPSA) is 32.3 Å². The lowest BCUT2D eigenvalue weighted by atomic mass is 9.95. The zero-order valence-corrected chi connectivity index (χ0v) is 16.1. The van der Waals surface area contributed by atoms with Gasteiger partial charge in [0.2, 0.25) is 5.91 Å². The third kappa shape index (κ3) is 4.46. The molecular formula is C22H27ClN2O. The van der Waals surface area contributed by atoms with E-state index < -0.39 is 0 Å². The molecule has 0 radical (unpaired) electrons. The SMILES string of the molecule is CCC(C(=O)NCC(c1ccccc1Cl)N1CCCC1)c1ccccc1. The molecule has 0 aliphatic carbocycles. The number of hydrogen-bond acceptors (Lipinski definition) is 2. The summed E-state index contributed by atoms with van der Waals surface area (Å²) in [4.78, 5) is 15.3. The van der Waals surface area contributed by atoms with E-state index >= 15 is 0 Å². The summed E-state index contributed by atoms with van der Waals surface area (Å²) >= 11 is 6.46. The smallest absolute Gasteiger partial charge is 0.227 e. The predicted octanol–water partition coefficient (Wildman–Crippen LogP) is 4.79. The van der Waals surface area contributed by atoms with E-state index in [-0.39, 0.29) is 17.9 Å². The Bertz CT molecular complexity index is 713. The second-order valence-electron chi connectivity index (χ2n) is 6.90. The van der Waals surface area contributed by atoms with E-state index in [1.165, 1.54) is 12.8 Å². The maximum Gasteiger partial charge on any atom is 0.227 e. The van der Waals surface area contributed by atoms with E-state index in [2.05, 4.69) is 23.2 Å². The van der Waals surface area contributed by atoms with Crippen molar-refractivity contribution in [3.05, 3.63) is 70.7 Å². The van der Waals surface area contributed by atoms with Crippen LogP contribution in [0, 0.1) is 0 Å². The first-order valence-corrected chi connectivity index (χ1v) is 9.89. The van der Waals surface area contributed by atoms with Gasteiger partial charge >= 0.3 is 0 Å². The first kappa shape index (κ1) is 18.9. The number of amides is 1. The van der Waals surface area contributed by atoms with Crippen LogP contribution in [0.25, 0.3) is 0 Å². The number of carbonyl (C=O) groups excluding carboxylic acids is 1. The molecule has 1 aliphatic heterocycles. The molecule has 0 bridgehead atoms. The summed E-state index contributed by atoms with van der Waals surface area (Å²) in [5.74, 6) is -0.0170. The number of carbonyl (C=O) groups is 1. The lowest BCUT2D eigenvalue weighted by Crippen LogP contribution is -2.38. The van der Waals surface area contributed by atoms with Crippen molar-refractivity contribution in [3.8, 4) is 0 Å². The maximum absolute atomic E-state index is 12.8. The highest BCUT2D eigenvalue weighted by molar-refractivity contribution is 6.31. The number of likely N-dealkylation sites (tertiary alicyclic amines) is 1. The van der Waals surface area contributed by atoms with E-state index in [4.69, 9.17) is 11.6 Å². The summed E-state index contributed by atoms with van der Waals surface area (Å²) in [5, 5.41) is 3.97. The van der Waals surface area contributed by atoms with E-state index in [0.29, 0.717) is 6.54 Å². The molecule has 0 aromatic heterocycles. The van der Waals surface area contributed by atoms with Crippen molar-refractivity contribution >= 4 is 17.5 Å². The Morgan fingerprint density at radius 3 is 2.38 bits per heavy atom. The highest BCUT2D eigenvalue weighted by atomic mass is 35.5. The molecule has 0 saturated carbocycles. The van der Waals surface area contributed by atoms with Crippen LogP contribution < -0.4 is 5.32 Å². The molecular weight excluding hydrogens is 344 g/mol. The molecule has 138 valence electrons. The second kappa shape index (κ2) is 9.20. The van der Waals surface area contributed by atoms with Gasteiger partial charge in [-0.1, -0.05) is 67.1 Å². The van der Waals surface area contributed by atoms with Crippen LogP contribution in [0.5, 0.6) is 0 Å². The fourth-order valence-electron chi connectivity index (χ4n) is 3.81. The molecule has 1 heterocycles. The zero-order valence-electron chi connectivity index (χ0n) is 15.3. The Labute approximate surface area is 161 Å². The van der Waals surface area contributed by atoms with Gasteiger partial charge in [-0.25, -0.2) is 0 Å². The number of hydrogen-bond donors (Lipinski definition) is 1. The van der Waals surface area contributed by atoms with Gasteiger partial charge in [0.05, 0.1) is 12.0 Å². The van der Waals surface area contributed by atoms with E-state index in [0.717, 1.165) is 35.7 Å². The average Bonchev–Trinajstić information content (AvgIpc) is 3.19. The first-order valence-electron chi connectivity index (χ1n) is 9.51. The molecule has 0 spiro atoms. The van der Waals surface area contributed by atoms with E-state index in [1.54, 1.807) is 0 Å². The molecule has 1 amide bonds. The molecule has 26 heavy (non-hydrogen) atoms. The molecule has 3 rings (SSSR count). The quantitative estimate of drug-likeness (QED) is 0.760. The Kier molecular flexibility index (Phi) is 6.70. The van der Waals surface area contributed by atoms with Crippen LogP contribution in [0.1, 0.15) is 49.3 Å². The van der Waals surface area contributed by atoms with Gasteiger partial charge in [-0.15, -0.1) is 0 Å². The van der Waals surface area contributed by atoms with Gasteiger partial charge < -0.3 is 5.32 Å². The molecule has 2 aromatic carbocycles. The standard InChI is InChI=1S/C22H27ClN2O/c1-2-18(17-10-4-3-5-11-17)22(26)24-16-21(25-14-8-9-15-25)19-12-6-7-13-20(19)23/h3-7,10-13,18,21H,2,8-9,14-16H2,1H3,(H,24,26). The first-order chi connectivity index (χ1) is 12.7. The monoisotopic (exact) mass is 370 g/mol. The highest BCUT2D eigenvalue weighted by Gasteiger charge is 2.27. The van der Waals surface area contributed by atoms with Crippen LogP contribution >= 0.6 is 11.6 Å². The summed E-state index contributed by atoms with van der Waals surface area (Å²) in [5.41, 5.74) is 2.17. The van der Waals surface area contributed by atoms with Crippen LogP contribution in [0.15, 0.2) is 54.6 Å². The Morgan fingerprint density at radius 2 is 1.73 bits per heavy atom. The lowest BCUT2D eigenvalue weighted by molar-refractivity contribution is -0.122. The minimum Gasteiger partial charge on any atom is -0.354 e. The Balaban J connectivity index is 1.73. The number of halogens is 1. The van der Waals surface area contributed by atoms with Crippen LogP contribution in [0.4, 0.5) is 0 Å². The van der Waals surface area contributed by atoms with Crippen molar-refractivity contribution < 1.29 is 4.79 Å². The molecule has 1 saturated heterocycles. The van der Waals surface area contributed by atoms with Crippen LogP contribution in [-0.4, -0.2) is 30.4 Å². The van der Waals surface area contributed by atoms with Crippen molar-refractivity contribution in [2.24, 2.45) is 0 Å². The van der Waals surface area contributed by atoms with Gasteiger partial charge in [-0.3, -0.25) is 9.69 Å². The molecule has 4 heteroatoms. The lowest BCUT2D eigenvalue weighted by Gasteiger charge is -2.29. The van der Waals surface area contributed by atoms with E-state index in [1.807, 2.05) is 48.5 Å².